The lowest BCUT2D eigenvalue weighted by Gasteiger charge is -2.18. The summed E-state index contributed by atoms with van der Waals surface area (Å²) in [5.74, 6) is 0.946. The summed E-state index contributed by atoms with van der Waals surface area (Å²) in [5.41, 5.74) is 8.44. The lowest BCUT2D eigenvalue weighted by atomic mass is 10.1. The van der Waals surface area contributed by atoms with Crippen LogP contribution in [0.3, 0.4) is 0 Å². The molecule has 0 radical (unpaired) electrons. The highest BCUT2D eigenvalue weighted by molar-refractivity contribution is 6.35. The van der Waals surface area contributed by atoms with Gasteiger partial charge in [-0.25, -0.2) is 9.97 Å². The van der Waals surface area contributed by atoms with Crippen molar-refractivity contribution in [3.8, 4) is 11.4 Å². The molecule has 1 aromatic heterocycles. The number of anilines is 1. The van der Waals surface area contributed by atoms with Crippen LogP contribution < -0.4 is 5.73 Å². The molecule has 0 bridgehead atoms. The van der Waals surface area contributed by atoms with Crippen LogP contribution >= 0.6 is 23.2 Å². The van der Waals surface area contributed by atoms with Crippen molar-refractivity contribution in [1.82, 2.24) is 9.97 Å². The van der Waals surface area contributed by atoms with Gasteiger partial charge < -0.3 is 10.5 Å². The molecule has 2 N–H and O–H groups in total. The Balaban J connectivity index is 2.15. The molecule has 0 fully saturated rings. The van der Waals surface area contributed by atoms with E-state index in [4.69, 9.17) is 33.7 Å². The van der Waals surface area contributed by atoms with Gasteiger partial charge in [-0.2, -0.15) is 0 Å². The molecule has 0 saturated heterocycles. The van der Waals surface area contributed by atoms with Crippen LogP contribution in [0.15, 0.2) is 18.2 Å². The predicted octanol–water partition coefficient (Wildman–Crippen LogP) is 3.11. The van der Waals surface area contributed by atoms with E-state index in [1.54, 1.807) is 18.2 Å². The number of nitrogens with two attached hydrogens (primary N) is 1. The largest absolute Gasteiger partial charge is 0.383 e. The van der Waals surface area contributed by atoms with Crippen molar-refractivity contribution in [2.24, 2.45) is 0 Å². The number of halogens is 2. The van der Waals surface area contributed by atoms with Gasteiger partial charge >= 0.3 is 0 Å². The lowest BCUT2D eigenvalue weighted by molar-refractivity contribution is 0.109. The number of hydrogen-bond donors (Lipinski definition) is 1. The molecule has 1 aliphatic rings. The Kier molecular flexibility index (Phi) is 3.31. The van der Waals surface area contributed by atoms with E-state index in [9.17, 15) is 0 Å². The molecule has 0 saturated carbocycles. The average molecular weight is 296 g/mol. The molecule has 98 valence electrons. The Bertz CT molecular complexity index is 646. The topological polar surface area (TPSA) is 61.0 Å². The van der Waals surface area contributed by atoms with Crippen molar-refractivity contribution in [3.05, 3.63) is 39.5 Å². The normalized spacial score (nSPS) is 14.2. The van der Waals surface area contributed by atoms with Crippen LogP contribution in [-0.2, 0) is 17.8 Å². The number of nitrogen functional groups attached to an aromatic ring is 1. The second kappa shape index (κ2) is 4.96. The van der Waals surface area contributed by atoms with Crippen molar-refractivity contribution in [2.45, 2.75) is 13.0 Å². The van der Waals surface area contributed by atoms with Crippen LogP contribution in [0.5, 0.6) is 0 Å². The zero-order valence-electron chi connectivity index (χ0n) is 9.99. The number of nitrogens with zero attached hydrogens (tertiary/aromatic N) is 2. The molecule has 0 spiro atoms. The molecular formula is C13H11Cl2N3O. The third-order valence-corrected chi connectivity index (χ3v) is 3.59. The van der Waals surface area contributed by atoms with E-state index < -0.39 is 0 Å². The third kappa shape index (κ3) is 2.39. The van der Waals surface area contributed by atoms with Crippen LogP contribution in [0.2, 0.25) is 10.0 Å². The monoisotopic (exact) mass is 295 g/mol. The summed E-state index contributed by atoms with van der Waals surface area (Å²) in [5, 5.41) is 1.14. The summed E-state index contributed by atoms with van der Waals surface area (Å²) >= 11 is 12.1. The molecule has 0 amide bonds. The second-order valence-electron chi connectivity index (χ2n) is 4.28. The molecule has 6 heteroatoms. The van der Waals surface area contributed by atoms with Gasteiger partial charge in [0.1, 0.15) is 5.82 Å². The van der Waals surface area contributed by atoms with Crippen LogP contribution in [0.25, 0.3) is 11.4 Å². The van der Waals surface area contributed by atoms with E-state index in [1.165, 1.54) is 0 Å². The van der Waals surface area contributed by atoms with Crippen molar-refractivity contribution < 1.29 is 4.74 Å². The lowest BCUT2D eigenvalue weighted by Crippen LogP contribution is -2.16. The summed E-state index contributed by atoms with van der Waals surface area (Å²) in [6, 6.07) is 5.19. The number of fused-ring (bicyclic) bond motifs is 1. The molecule has 1 aliphatic heterocycles. The molecular weight excluding hydrogens is 285 g/mol. The van der Waals surface area contributed by atoms with Gasteiger partial charge in [0.15, 0.2) is 5.82 Å². The van der Waals surface area contributed by atoms with Crippen LogP contribution in [-0.4, -0.2) is 16.6 Å². The van der Waals surface area contributed by atoms with Crippen molar-refractivity contribution in [3.63, 3.8) is 0 Å². The standard InChI is InChI=1S/C13H11Cl2N3O/c14-7-1-2-10(15)8(5-7)13-17-11-3-4-19-6-9(11)12(16)18-13/h1-2,5H,3-4,6H2,(H2,16,17,18). The average Bonchev–Trinajstić information content (AvgIpc) is 2.41. The van der Waals surface area contributed by atoms with Crippen molar-refractivity contribution in [2.75, 3.05) is 12.3 Å². The molecule has 1 aromatic carbocycles. The van der Waals surface area contributed by atoms with Crippen molar-refractivity contribution >= 4 is 29.0 Å². The minimum atomic E-state index is 0.441. The Morgan fingerprint density at radius 2 is 2.05 bits per heavy atom. The fourth-order valence-electron chi connectivity index (χ4n) is 2.05. The predicted molar refractivity (Wildman–Crippen MR) is 75.3 cm³/mol. The van der Waals surface area contributed by atoms with E-state index in [1.807, 2.05) is 0 Å². The maximum absolute atomic E-state index is 6.16. The first kappa shape index (κ1) is 12.7. The molecule has 19 heavy (non-hydrogen) atoms. The van der Waals surface area contributed by atoms with E-state index in [0.717, 1.165) is 17.7 Å². The van der Waals surface area contributed by atoms with E-state index in [0.29, 0.717) is 40.5 Å². The minimum Gasteiger partial charge on any atom is -0.383 e. The summed E-state index contributed by atoms with van der Waals surface area (Å²) in [6.45, 7) is 1.11. The first-order valence-corrected chi connectivity index (χ1v) is 6.59. The minimum absolute atomic E-state index is 0.441. The van der Waals surface area contributed by atoms with Gasteiger partial charge in [-0.1, -0.05) is 23.2 Å². The van der Waals surface area contributed by atoms with E-state index in [2.05, 4.69) is 9.97 Å². The highest BCUT2D eigenvalue weighted by atomic mass is 35.5. The number of aromatic nitrogens is 2. The third-order valence-electron chi connectivity index (χ3n) is 3.02. The molecule has 4 nitrogen and oxygen atoms in total. The Morgan fingerprint density at radius 3 is 2.89 bits per heavy atom. The molecule has 3 rings (SSSR count). The van der Waals surface area contributed by atoms with Gasteiger partial charge in [-0.3, -0.25) is 0 Å². The fourth-order valence-corrected chi connectivity index (χ4v) is 2.42. The Labute approximate surface area is 120 Å². The van der Waals surface area contributed by atoms with Gasteiger partial charge in [0.25, 0.3) is 0 Å². The summed E-state index contributed by atoms with van der Waals surface area (Å²) in [4.78, 5) is 8.83. The number of benzene rings is 1. The summed E-state index contributed by atoms with van der Waals surface area (Å²) < 4.78 is 5.36. The summed E-state index contributed by atoms with van der Waals surface area (Å²) in [7, 11) is 0. The Hall–Kier alpha value is -1.36. The fraction of sp³-hybridized carbons (Fsp3) is 0.231. The SMILES string of the molecule is Nc1nc(-c2cc(Cl)ccc2Cl)nc2c1COCC2. The Morgan fingerprint density at radius 1 is 1.21 bits per heavy atom. The van der Waals surface area contributed by atoms with Gasteiger partial charge in [0.05, 0.1) is 23.9 Å². The van der Waals surface area contributed by atoms with Crippen LogP contribution in [0.4, 0.5) is 5.82 Å². The number of rotatable bonds is 1. The van der Waals surface area contributed by atoms with Gasteiger partial charge in [0.2, 0.25) is 0 Å². The first-order valence-electron chi connectivity index (χ1n) is 5.83. The quantitative estimate of drug-likeness (QED) is 0.878. The summed E-state index contributed by atoms with van der Waals surface area (Å²) in [6.07, 6.45) is 0.729. The maximum atomic E-state index is 6.16. The zero-order chi connectivity index (χ0) is 13.4. The van der Waals surface area contributed by atoms with Crippen LogP contribution in [0, 0.1) is 0 Å². The highest BCUT2D eigenvalue weighted by Crippen LogP contribution is 2.30. The molecule has 0 aliphatic carbocycles. The van der Waals surface area contributed by atoms with Gasteiger partial charge in [-0.15, -0.1) is 0 Å². The smallest absolute Gasteiger partial charge is 0.163 e. The van der Waals surface area contributed by atoms with E-state index >= 15 is 0 Å². The second-order valence-corrected chi connectivity index (χ2v) is 5.13. The number of hydrogen-bond acceptors (Lipinski definition) is 4. The highest BCUT2D eigenvalue weighted by Gasteiger charge is 2.18. The van der Waals surface area contributed by atoms with Gasteiger partial charge in [0, 0.05) is 22.6 Å². The zero-order valence-corrected chi connectivity index (χ0v) is 11.5. The van der Waals surface area contributed by atoms with Crippen molar-refractivity contribution in [1.29, 1.82) is 0 Å². The van der Waals surface area contributed by atoms with Gasteiger partial charge in [-0.05, 0) is 18.2 Å². The molecule has 0 atom stereocenters. The number of ether oxygens (including phenoxy) is 1. The van der Waals surface area contributed by atoms with E-state index in [-0.39, 0.29) is 0 Å². The van der Waals surface area contributed by atoms with Crippen LogP contribution in [0.1, 0.15) is 11.3 Å². The molecule has 0 unspecified atom stereocenters. The first-order chi connectivity index (χ1) is 9.15. The maximum Gasteiger partial charge on any atom is 0.163 e. The molecule has 2 aromatic rings. The molecule has 2 heterocycles.